The van der Waals surface area contributed by atoms with Crippen LogP contribution in [0.25, 0.3) is 0 Å². The van der Waals surface area contributed by atoms with E-state index in [0.29, 0.717) is 29.0 Å². The van der Waals surface area contributed by atoms with E-state index < -0.39 is 0 Å². The molecular weight excluding hydrogens is 360 g/mol. The molecule has 1 unspecified atom stereocenters. The Morgan fingerprint density at radius 3 is 2.64 bits per heavy atom. The standard InChI is InChI=1S/C17H20N4O2S.ClH/c1-12-11-21(10-9-18-12)16(22)14-7-8-15(24-14)20-17(23)19-13-5-3-2-4-6-13;/h2-8,12,18H,9-11H2,1H3,(H2,19,20,23);1H. The van der Waals surface area contributed by atoms with Gasteiger partial charge in [-0.2, -0.15) is 0 Å². The Labute approximate surface area is 157 Å². The average molecular weight is 381 g/mol. The maximum Gasteiger partial charge on any atom is 0.324 e. The van der Waals surface area contributed by atoms with E-state index in [1.54, 1.807) is 12.1 Å². The third-order valence-electron chi connectivity index (χ3n) is 3.74. The molecule has 3 N–H and O–H groups in total. The van der Waals surface area contributed by atoms with E-state index in [-0.39, 0.29) is 24.3 Å². The van der Waals surface area contributed by atoms with Gasteiger partial charge in [0.1, 0.15) is 0 Å². The number of para-hydroxylation sites is 1. The summed E-state index contributed by atoms with van der Waals surface area (Å²) in [6, 6.07) is 12.7. The molecule has 0 saturated carbocycles. The molecule has 1 aromatic carbocycles. The molecule has 6 nitrogen and oxygen atoms in total. The highest BCUT2D eigenvalue weighted by Crippen LogP contribution is 2.24. The van der Waals surface area contributed by atoms with Gasteiger partial charge in [-0.05, 0) is 31.2 Å². The van der Waals surface area contributed by atoms with E-state index in [4.69, 9.17) is 0 Å². The first-order chi connectivity index (χ1) is 11.6. The number of nitrogens with zero attached hydrogens (tertiary/aromatic N) is 1. The van der Waals surface area contributed by atoms with Crippen molar-refractivity contribution in [2.24, 2.45) is 0 Å². The SMILES string of the molecule is CC1CN(C(=O)c2ccc(NC(=O)Nc3ccccc3)s2)CCN1.Cl. The van der Waals surface area contributed by atoms with Gasteiger partial charge in [0.15, 0.2) is 0 Å². The maximum atomic E-state index is 12.5. The van der Waals surface area contributed by atoms with E-state index in [0.717, 1.165) is 12.2 Å². The Hall–Kier alpha value is -2.09. The van der Waals surface area contributed by atoms with Crippen molar-refractivity contribution in [3.8, 4) is 0 Å². The number of nitrogens with one attached hydrogen (secondary N) is 3. The predicted octanol–water partition coefficient (Wildman–Crippen LogP) is 3.25. The second-order valence-corrected chi connectivity index (χ2v) is 6.80. The highest BCUT2D eigenvalue weighted by atomic mass is 35.5. The number of rotatable bonds is 3. The van der Waals surface area contributed by atoms with Crippen LogP contribution in [-0.2, 0) is 0 Å². The Morgan fingerprint density at radius 1 is 1.16 bits per heavy atom. The molecule has 134 valence electrons. The van der Waals surface area contributed by atoms with Crippen LogP contribution >= 0.6 is 23.7 Å². The number of amides is 3. The molecule has 1 fully saturated rings. The Bertz CT molecular complexity index is 722. The molecule has 1 aromatic heterocycles. The van der Waals surface area contributed by atoms with Gasteiger partial charge in [-0.25, -0.2) is 4.79 Å². The summed E-state index contributed by atoms with van der Waals surface area (Å²) in [4.78, 5) is 27.0. The summed E-state index contributed by atoms with van der Waals surface area (Å²) in [6.07, 6.45) is 0. The number of piperazine rings is 1. The first-order valence-electron chi connectivity index (χ1n) is 7.87. The molecule has 1 saturated heterocycles. The van der Waals surface area contributed by atoms with Crippen molar-refractivity contribution in [2.45, 2.75) is 13.0 Å². The molecule has 0 aliphatic carbocycles. The zero-order valence-electron chi connectivity index (χ0n) is 13.8. The number of hydrogen-bond donors (Lipinski definition) is 3. The maximum absolute atomic E-state index is 12.5. The predicted molar refractivity (Wildman–Crippen MR) is 104 cm³/mol. The van der Waals surface area contributed by atoms with Gasteiger partial charge in [0.25, 0.3) is 5.91 Å². The molecule has 2 aromatic rings. The number of thiophene rings is 1. The summed E-state index contributed by atoms with van der Waals surface area (Å²) in [7, 11) is 0. The van der Waals surface area contributed by atoms with Gasteiger partial charge >= 0.3 is 6.03 Å². The Morgan fingerprint density at radius 2 is 1.92 bits per heavy atom. The summed E-state index contributed by atoms with van der Waals surface area (Å²) in [5, 5.41) is 9.48. The molecule has 1 aliphatic heterocycles. The fraction of sp³-hybridized carbons (Fsp3) is 0.294. The molecule has 1 aliphatic rings. The summed E-state index contributed by atoms with van der Waals surface area (Å²) in [6.45, 7) is 4.28. The van der Waals surface area contributed by atoms with Crippen LogP contribution in [0, 0.1) is 0 Å². The topological polar surface area (TPSA) is 73.5 Å². The molecule has 3 amide bonds. The molecule has 8 heteroatoms. The average Bonchev–Trinajstić information content (AvgIpc) is 3.03. The molecule has 1 atom stereocenters. The molecule has 25 heavy (non-hydrogen) atoms. The van der Waals surface area contributed by atoms with Crippen molar-refractivity contribution in [3.05, 3.63) is 47.3 Å². The Balaban J connectivity index is 0.00000225. The fourth-order valence-electron chi connectivity index (χ4n) is 2.59. The van der Waals surface area contributed by atoms with Crippen LogP contribution in [-0.4, -0.2) is 42.5 Å². The third kappa shape index (κ3) is 5.19. The minimum Gasteiger partial charge on any atom is -0.335 e. The lowest BCUT2D eigenvalue weighted by atomic mass is 10.2. The summed E-state index contributed by atoms with van der Waals surface area (Å²) in [5.74, 6) is 0.0184. The second-order valence-electron chi connectivity index (χ2n) is 5.72. The van der Waals surface area contributed by atoms with Gasteiger partial charge in [-0.15, -0.1) is 23.7 Å². The molecule has 2 heterocycles. The zero-order valence-corrected chi connectivity index (χ0v) is 15.5. The quantitative estimate of drug-likeness (QED) is 0.765. The van der Waals surface area contributed by atoms with Gasteiger partial charge in [-0.1, -0.05) is 18.2 Å². The Kier molecular flexibility index (Phi) is 6.81. The monoisotopic (exact) mass is 380 g/mol. The highest BCUT2D eigenvalue weighted by molar-refractivity contribution is 7.18. The first kappa shape index (κ1) is 19.2. The third-order valence-corrected chi connectivity index (χ3v) is 4.73. The number of halogens is 1. The molecular formula is C17H21ClN4O2S. The number of hydrogen-bond acceptors (Lipinski definition) is 4. The van der Waals surface area contributed by atoms with Gasteiger partial charge in [0.2, 0.25) is 0 Å². The van der Waals surface area contributed by atoms with Crippen molar-refractivity contribution in [1.82, 2.24) is 10.2 Å². The van der Waals surface area contributed by atoms with E-state index in [1.165, 1.54) is 11.3 Å². The second kappa shape index (κ2) is 8.84. The number of carbonyl (C=O) groups excluding carboxylic acids is 2. The number of urea groups is 1. The van der Waals surface area contributed by atoms with Gasteiger partial charge in [0.05, 0.1) is 9.88 Å². The van der Waals surface area contributed by atoms with Crippen LogP contribution in [0.4, 0.5) is 15.5 Å². The first-order valence-corrected chi connectivity index (χ1v) is 8.69. The largest absolute Gasteiger partial charge is 0.335 e. The minimum absolute atomic E-state index is 0. The summed E-state index contributed by atoms with van der Waals surface area (Å²) < 4.78 is 0. The van der Waals surface area contributed by atoms with Crippen LogP contribution in [0.2, 0.25) is 0 Å². The number of carbonyl (C=O) groups is 2. The van der Waals surface area contributed by atoms with Crippen molar-refractivity contribution in [3.63, 3.8) is 0 Å². The van der Waals surface area contributed by atoms with Crippen molar-refractivity contribution >= 4 is 46.4 Å². The van der Waals surface area contributed by atoms with E-state index in [2.05, 4.69) is 22.9 Å². The zero-order chi connectivity index (χ0) is 16.9. The molecule has 0 radical (unpaired) electrons. The summed E-state index contributed by atoms with van der Waals surface area (Å²) >= 11 is 1.29. The molecule has 0 spiro atoms. The minimum atomic E-state index is -0.321. The van der Waals surface area contributed by atoms with Gasteiger partial charge in [0, 0.05) is 31.4 Å². The lowest BCUT2D eigenvalue weighted by Crippen LogP contribution is -2.51. The molecule has 3 rings (SSSR count). The van der Waals surface area contributed by atoms with E-state index in [1.807, 2.05) is 35.2 Å². The van der Waals surface area contributed by atoms with Crippen molar-refractivity contribution in [1.29, 1.82) is 0 Å². The lowest BCUT2D eigenvalue weighted by Gasteiger charge is -2.31. The number of benzene rings is 1. The normalized spacial score (nSPS) is 16.7. The van der Waals surface area contributed by atoms with E-state index in [9.17, 15) is 9.59 Å². The van der Waals surface area contributed by atoms with Crippen LogP contribution in [0.15, 0.2) is 42.5 Å². The summed E-state index contributed by atoms with van der Waals surface area (Å²) in [5.41, 5.74) is 0.720. The van der Waals surface area contributed by atoms with Crippen LogP contribution in [0.1, 0.15) is 16.6 Å². The van der Waals surface area contributed by atoms with Crippen LogP contribution in [0.5, 0.6) is 0 Å². The fourth-order valence-corrected chi connectivity index (χ4v) is 3.46. The number of anilines is 2. The van der Waals surface area contributed by atoms with Crippen molar-refractivity contribution < 1.29 is 9.59 Å². The highest BCUT2D eigenvalue weighted by Gasteiger charge is 2.22. The smallest absolute Gasteiger partial charge is 0.324 e. The van der Waals surface area contributed by atoms with E-state index >= 15 is 0 Å². The van der Waals surface area contributed by atoms with Crippen LogP contribution < -0.4 is 16.0 Å². The van der Waals surface area contributed by atoms with Gasteiger partial charge in [-0.3, -0.25) is 10.1 Å². The van der Waals surface area contributed by atoms with Crippen LogP contribution in [0.3, 0.4) is 0 Å². The van der Waals surface area contributed by atoms with Gasteiger partial charge < -0.3 is 15.5 Å². The lowest BCUT2D eigenvalue weighted by molar-refractivity contribution is 0.0714. The van der Waals surface area contributed by atoms with Crippen molar-refractivity contribution in [2.75, 3.05) is 30.3 Å². The molecule has 0 bridgehead atoms.